The molecule has 4 nitrogen and oxygen atoms in total. The lowest BCUT2D eigenvalue weighted by Crippen LogP contribution is -2.55. The van der Waals surface area contributed by atoms with Gasteiger partial charge in [-0.25, -0.2) is 4.79 Å². The van der Waals surface area contributed by atoms with E-state index in [1.165, 1.54) is 6.42 Å². The molecule has 1 saturated carbocycles. The molecule has 0 radical (unpaired) electrons. The number of rotatable bonds is 6. The average Bonchev–Trinajstić information content (AvgIpc) is 2.46. The predicted octanol–water partition coefficient (Wildman–Crippen LogP) is 3.03. The van der Waals surface area contributed by atoms with Crippen molar-refractivity contribution in [1.29, 1.82) is 0 Å². The van der Waals surface area contributed by atoms with Crippen molar-refractivity contribution in [3.05, 3.63) is 35.9 Å². The number of carbonyl (C=O) groups excluding carboxylic acids is 1. The van der Waals surface area contributed by atoms with Crippen molar-refractivity contribution in [3.63, 3.8) is 0 Å². The Morgan fingerprint density at radius 3 is 2.45 bits per heavy atom. The summed E-state index contributed by atoms with van der Waals surface area (Å²) in [6.07, 6.45) is 3.27. The summed E-state index contributed by atoms with van der Waals surface area (Å²) in [5.74, 6) is 0.0682. The van der Waals surface area contributed by atoms with Gasteiger partial charge in [-0.1, -0.05) is 44.2 Å². The Bertz CT molecular complexity index is 495. The van der Waals surface area contributed by atoms with E-state index in [2.05, 4.69) is 29.7 Å². The van der Waals surface area contributed by atoms with Crippen LogP contribution in [0.5, 0.6) is 0 Å². The van der Waals surface area contributed by atoms with Crippen LogP contribution < -0.4 is 10.6 Å². The molecule has 22 heavy (non-hydrogen) atoms. The van der Waals surface area contributed by atoms with E-state index in [0.717, 1.165) is 18.4 Å². The van der Waals surface area contributed by atoms with Crippen LogP contribution >= 0.6 is 0 Å². The molecule has 0 saturated heterocycles. The van der Waals surface area contributed by atoms with Gasteiger partial charge in [-0.15, -0.1) is 0 Å². The Hall–Kier alpha value is -1.55. The third kappa shape index (κ3) is 4.01. The molecule has 1 aromatic carbocycles. The molecule has 0 heterocycles. The van der Waals surface area contributed by atoms with Crippen LogP contribution in [0.15, 0.2) is 30.3 Å². The summed E-state index contributed by atoms with van der Waals surface area (Å²) in [6, 6.07) is 9.95. The van der Waals surface area contributed by atoms with Crippen LogP contribution in [-0.4, -0.2) is 29.8 Å². The molecule has 0 spiro atoms. The molecule has 1 aliphatic rings. The van der Waals surface area contributed by atoms with Gasteiger partial charge in [0, 0.05) is 24.6 Å². The maximum Gasteiger partial charge on any atom is 0.315 e. The summed E-state index contributed by atoms with van der Waals surface area (Å²) in [6.45, 7) is 6.73. The molecule has 2 amide bonds. The minimum atomic E-state index is -0.297. The number of hydrogen-bond acceptors (Lipinski definition) is 2. The molecule has 0 bridgehead atoms. The highest BCUT2D eigenvalue weighted by Crippen LogP contribution is 2.35. The first-order chi connectivity index (χ1) is 10.4. The van der Waals surface area contributed by atoms with Gasteiger partial charge in [-0.05, 0) is 37.2 Å². The minimum absolute atomic E-state index is 0.0428. The molecule has 1 fully saturated rings. The number of nitrogens with one attached hydrogen (secondary N) is 2. The van der Waals surface area contributed by atoms with Crippen molar-refractivity contribution in [3.8, 4) is 0 Å². The van der Waals surface area contributed by atoms with Crippen molar-refractivity contribution >= 4 is 6.03 Å². The topological polar surface area (TPSA) is 61.4 Å². The maximum atomic E-state index is 12.1. The molecule has 2 rings (SSSR count). The molecule has 0 aromatic heterocycles. The van der Waals surface area contributed by atoms with Crippen molar-refractivity contribution in [2.24, 2.45) is 5.41 Å². The van der Waals surface area contributed by atoms with Gasteiger partial charge < -0.3 is 15.7 Å². The summed E-state index contributed by atoms with van der Waals surface area (Å²) in [5.41, 5.74) is 0.796. The summed E-state index contributed by atoms with van der Waals surface area (Å²) in [7, 11) is 0. The maximum absolute atomic E-state index is 12.1. The number of amides is 2. The number of hydrogen-bond donors (Lipinski definition) is 3. The first-order valence-electron chi connectivity index (χ1n) is 8.08. The van der Waals surface area contributed by atoms with Crippen LogP contribution in [0.2, 0.25) is 0 Å². The Morgan fingerprint density at radius 1 is 1.32 bits per heavy atom. The molecule has 1 aromatic rings. The molecule has 4 heteroatoms. The largest absolute Gasteiger partial charge is 0.396 e. The average molecular weight is 304 g/mol. The van der Waals surface area contributed by atoms with Gasteiger partial charge >= 0.3 is 6.03 Å². The zero-order valence-corrected chi connectivity index (χ0v) is 13.9. The first-order valence-corrected chi connectivity index (χ1v) is 8.08. The second-order valence-corrected chi connectivity index (χ2v) is 7.36. The number of urea groups is 1. The van der Waals surface area contributed by atoms with E-state index in [1.54, 1.807) is 0 Å². The Labute approximate surface area is 133 Å². The lowest BCUT2D eigenvalue weighted by Gasteiger charge is -2.39. The zero-order chi connectivity index (χ0) is 16.2. The van der Waals surface area contributed by atoms with Crippen LogP contribution in [0.1, 0.15) is 51.5 Å². The van der Waals surface area contributed by atoms with Gasteiger partial charge in [0.05, 0.1) is 0 Å². The van der Waals surface area contributed by atoms with Gasteiger partial charge in [-0.3, -0.25) is 0 Å². The first kappa shape index (κ1) is 16.8. The fourth-order valence-electron chi connectivity index (χ4n) is 2.99. The van der Waals surface area contributed by atoms with E-state index < -0.39 is 0 Å². The van der Waals surface area contributed by atoms with E-state index in [0.29, 0.717) is 6.54 Å². The quantitative estimate of drug-likeness (QED) is 0.756. The highest BCUT2D eigenvalue weighted by Gasteiger charge is 2.34. The number of carbonyl (C=O) groups is 1. The predicted molar refractivity (Wildman–Crippen MR) is 88.8 cm³/mol. The lowest BCUT2D eigenvalue weighted by atomic mass is 9.75. The molecule has 1 aliphatic carbocycles. The van der Waals surface area contributed by atoms with E-state index in [4.69, 9.17) is 0 Å². The molecule has 1 unspecified atom stereocenters. The van der Waals surface area contributed by atoms with Gasteiger partial charge in [0.1, 0.15) is 0 Å². The van der Waals surface area contributed by atoms with Gasteiger partial charge in [0.2, 0.25) is 0 Å². The monoisotopic (exact) mass is 304 g/mol. The highest BCUT2D eigenvalue weighted by molar-refractivity contribution is 5.75. The van der Waals surface area contributed by atoms with Gasteiger partial charge in [0.25, 0.3) is 0 Å². The van der Waals surface area contributed by atoms with Crippen LogP contribution in [0, 0.1) is 5.41 Å². The molecular formula is C18H28N2O2. The fraction of sp³-hybridized carbons (Fsp3) is 0.611. The summed E-state index contributed by atoms with van der Waals surface area (Å²) in [5, 5.41) is 15.7. The third-order valence-corrected chi connectivity index (χ3v) is 4.89. The number of aliphatic hydroxyl groups is 1. The number of benzene rings is 1. The van der Waals surface area contributed by atoms with Crippen molar-refractivity contribution in [1.82, 2.24) is 10.6 Å². The zero-order valence-electron chi connectivity index (χ0n) is 13.9. The molecular weight excluding hydrogens is 276 g/mol. The third-order valence-electron chi connectivity index (χ3n) is 4.89. The van der Waals surface area contributed by atoms with Gasteiger partial charge in [-0.2, -0.15) is 0 Å². The lowest BCUT2D eigenvalue weighted by molar-refractivity contribution is 0.128. The normalized spacial score (nSPS) is 18.2. The van der Waals surface area contributed by atoms with Gasteiger partial charge in [0.15, 0.2) is 0 Å². The highest BCUT2D eigenvalue weighted by atomic mass is 16.3. The SMILES string of the molecule is CC1(NC(=O)NCC(c2ccccc2)C(C)(C)CO)CCC1. The van der Waals surface area contributed by atoms with Crippen molar-refractivity contribution in [2.75, 3.05) is 13.2 Å². The van der Waals surface area contributed by atoms with Crippen LogP contribution in [0.4, 0.5) is 4.79 Å². The smallest absolute Gasteiger partial charge is 0.315 e. The van der Waals surface area contributed by atoms with Crippen LogP contribution in [0.25, 0.3) is 0 Å². The fourth-order valence-corrected chi connectivity index (χ4v) is 2.99. The van der Waals surface area contributed by atoms with E-state index in [1.807, 2.05) is 32.0 Å². The minimum Gasteiger partial charge on any atom is -0.396 e. The Kier molecular flexibility index (Phi) is 5.12. The molecule has 0 aliphatic heterocycles. The van der Waals surface area contributed by atoms with Crippen molar-refractivity contribution in [2.45, 2.75) is 51.5 Å². The molecule has 122 valence electrons. The summed E-state index contributed by atoms with van der Waals surface area (Å²) in [4.78, 5) is 12.1. The standard InChI is InChI=1S/C18H28N2O2/c1-17(2,13-21)15(14-8-5-4-6-9-14)12-19-16(22)20-18(3)10-7-11-18/h4-6,8-9,15,21H,7,10-13H2,1-3H3,(H2,19,20,22). The molecule has 3 N–H and O–H groups in total. The van der Waals surface area contributed by atoms with Crippen molar-refractivity contribution < 1.29 is 9.90 Å². The second kappa shape index (κ2) is 6.69. The Balaban J connectivity index is 1.99. The van der Waals surface area contributed by atoms with Crippen LogP contribution in [0.3, 0.4) is 0 Å². The number of aliphatic hydroxyl groups excluding tert-OH is 1. The summed E-state index contributed by atoms with van der Waals surface area (Å²) < 4.78 is 0. The van der Waals surface area contributed by atoms with E-state index in [9.17, 15) is 9.90 Å². The summed E-state index contributed by atoms with van der Waals surface area (Å²) >= 11 is 0. The Morgan fingerprint density at radius 2 is 1.95 bits per heavy atom. The van der Waals surface area contributed by atoms with E-state index >= 15 is 0 Å². The van der Waals surface area contributed by atoms with Crippen LogP contribution in [-0.2, 0) is 0 Å². The second-order valence-electron chi connectivity index (χ2n) is 7.36. The molecule has 1 atom stereocenters. The van der Waals surface area contributed by atoms with E-state index in [-0.39, 0.29) is 29.5 Å².